The summed E-state index contributed by atoms with van der Waals surface area (Å²) in [6.45, 7) is 6.53. The third-order valence-electron chi connectivity index (χ3n) is 1.58. The fraction of sp³-hybridized carbons (Fsp3) is 0.600. The first-order chi connectivity index (χ1) is 10.9. The van der Waals surface area contributed by atoms with E-state index in [1.54, 1.807) is 21.0 Å². The Kier molecular flexibility index (Phi) is 40.8. The minimum Gasteiger partial charge on any atom is -0.348 e. The van der Waals surface area contributed by atoms with E-state index < -0.39 is 0 Å². The number of hydrogen-bond acceptors (Lipinski definition) is 7. The van der Waals surface area contributed by atoms with E-state index in [1.165, 1.54) is 0 Å². The number of ketones is 1. The van der Waals surface area contributed by atoms with E-state index in [1.807, 2.05) is 26.0 Å². The summed E-state index contributed by atoms with van der Waals surface area (Å²) in [4.78, 5) is 39.2. The Morgan fingerprint density at radius 1 is 0.957 bits per heavy atom. The summed E-state index contributed by atoms with van der Waals surface area (Å²) in [7, 11) is 3.42. The van der Waals surface area contributed by atoms with Crippen molar-refractivity contribution in [2.45, 2.75) is 20.8 Å². The molecule has 0 aliphatic carbocycles. The highest BCUT2D eigenvalue weighted by molar-refractivity contribution is 5.80. The summed E-state index contributed by atoms with van der Waals surface area (Å²) in [5.74, 6) is 0.0158. The normalized spacial score (nSPS) is 8.26. The number of nitrogens with one attached hydrogen (secondary N) is 3. The highest BCUT2D eigenvalue weighted by Crippen LogP contribution is 1.58. The molecule has 136 valence electrons. The molecular formula is C15H32N4O4. The predicted molar refractivity (Wildman–Crippen MR) is 93.2 cm³/mol. The number of allylic oxidation sites excluding steroid dienone is 2. The first kappa shape index (κ1) is 29.2. The van der Waals surface area contributed by atoms with Crippen LogP contribution >= 0.6 is 0 Å². The van der Waals surface area contributed by atoms with Gasteiger partial charge < -0.3 is 31.3 Å². The average molecular weight is 332 g/mol. The Morgan fingerprint density at radius 3 is 1.57 bits per heavy atom. The van der Waals surface area contributed by atoms with Crippen LogP contribution in [0.1, 0.15) is 20.8 Å². The van der Waals surface area contributed by atoms with E-state index in [9.17, 15) is 14.4 Å². The SMILES string of the molecule is C/C=C/C.CNCC(=O)NCC=O.CNCC(C)=O.NCC=O. The molecule has 0 saturated carbocycles. The fourth-order valence-electron chi connectivity index (χ4n) is 0.628. The third kappa shape index (κ3) is 64.6. The average Bonchev–Trinajstić information content (AvgIpc) is 2.54. The van der Waals surface area contributed by atoms with Crippen molar-refractivity contribution < 1.29 is 19.2 Å². The predicted octanol–water partition coefficient (Wildman–Crippen LogP) is -0.958. The number of rotatable bonds is 7. The first-order valence-corrected chi connectivity index (χ1v) is 7.11. The van der Waals surface area contributed by atoms with E-state index >= 15 is 0 Å². The molecule has 0 spiro atoms. The molecule has 0 atom stereocenters. The van der Waals surface area contributed by atoms with Crippen molar-refractivity contribution in [3.05, 3.63) is 12.2 Å². The van der Waals surface area contributed by atoms with Gasteiger partial charge in [-0.3, -0.25) is 9.59 Å². The maximum atomic E-state index is 10.5. The number of Topliss-reactive ketones (excluding diaryl/α,β-unsaturated/α-hetero) is 1. The number of likely N-dealkylation sites (N-methyl/N-ethyl adjacent to an activating group) is 2. The number of amides is 1. The van der Waals surface area contributed by atoms with Crippen molar-refractivity contribution in [1.82, 2.24) is 16.0 Å². The maximum Gasteiger partial charge on any atom is 0.234 e. The van der Waals surface area contributed by atoms with Gasteiger partial charge in [-0.2, -0.15) is 0 Å². The molecule has 23 heavy (non-hydrogen) atoms. The van der Waals surface area contributed by atoms with E-state index in [2.05, 4.69) is 21.7 Å². The van der Waals surface area contributed by atoms with Gasteiger partial charge in [-0.15, -0.1) is 0 Å². The summed E-state index contributed by atoms with van der Waals surface area (Å²) in [6.07, 6.45) is 5.30. The maximum absolute atomic E-state index is 10.5. The van der Waals surface area contributed by atoms with Gasteiger partial charge in [-0.25, -0.2) is 0 Å². The molecule has 5 N–H and O–H groups in total. The molecule has 0 heterocycles. The highest BCUT2D eigenvalue weighted by atomic mass is 16.2. The lowest BCUT2D eigenvalue weighted by Gasteiger charge is -1.97. The molecule has 0 unspecified atom stereocenters. The molecule has 0 saturated heterocycles. The summed E-state index contributed by atoms with van der Waals surface area (Å²) in [6, 6.07) is 0. The number of aldehydes is 2. The van der Waals surface area contributed by atoms with Crippen LogP contribution in [0.3, 0.4) is 0 Å². The zero-order valence-corrected chi connectivity index (χ0v) is 14.8. The third-order valence-corrected chi connectivity index (χ3v) is 1.58. The molecule has 0 aliphatic rings. The van der Waals surface area contributed by atoms with Gasteiger partial charge in [0.25, 0.3) is 0 Å². The van der Waals surface area contributed by atoms with E-state index in [0.717, 1.165) is 0 Å². The van der Waals surface area contributed by atoms with Crippen LogP contribution in [0, 0.1) is 0 Å². The molecule has 8 nitrogen and oxygen atoms in total. The van der Waals surface area contributed by atoms with Gasteiger partial charge in [0.2, 0.25) is 5.91 Å². The molecule has 1 amide bonds. The number of carbonyl (C=O) groups is 4. The number of hydrogen-bond donors (Lipinski definition) is 4. The number of nitrogens with two attached hydrogens (primary N) is 1. The topological polar surface area (TPSA) is 130 Å². The first-order valence-electron chi connectivity index (χ1n) is 7.11. The minimum absolute atomic E-state index is 0.0977. The highest BCUT2D eigenvalue weighted by Gasteiger charge is 1.93. The van der Waals surface area contributed by atoms with Crippen molar-refractivity contribution in [3.63, 3.8) is 0 Å². The molecule has 0 aromatic carbocycles. The molecule has 0 bridgehead atoms. The van der Waals surface area contributed by atoms with E-state index in [4.69, 9.17) is 4.79 Å². The van der Waals surface area contributed by atoms with Crippen molar-refractivity contribution in [2.75, 3.05) is 40.3 Å². The largest absolute Gasteiger partial charge is 0.348 e. The van der Waals surface area contributed by atoms with Crippen molar-refractivity contribution in [1.29, 1.82) is 0 Å². The van der Waals surface area contributed by atoms with Crippen molar-refractivity contribution in [2.24, 2.45) is 5.73 Å². The molecule has 0 rings (SSSR count). The summed E-state index contributed by atoms with van der Waals surface area (Å²) in [5, 5.41) is 7.73. The minimum atomic E-state index is -0.162. The van der Waals surface area contributed by atoms with Crippen LogP contribution in [-0.2, 0) is 19.2 Å². The Balaban J connectivity index is -0.000000112. The molecule has 0 fully saturated rings. The second kappa shape index (κ2) is 32.2. The summed E-state index contributed by atoms with van der Waals surface area (Å²) < 4.78 is 0. The van der Waals surface area contributed by atoms with Gasteiger partial charge in [0.1, 0.15) is 18.4 Å². The van der Waals surface area contributed by atoms with Gasteiger partial charge in [0.05, 0.1) is 19.6 Å². The van der Waals surface area contributed by atoms with E-state index in [0.29, 0.717) is 19.1 Å². The molecular weight excluding hydrogens is 300 g/mol. The monoisotopic (exact) mass is 332 g/mol. The van der Waals surface area contributed by atoms with Crippen LogP contribution in [0.4, 0.5) is 0 Å². The van der Waals surface area contributed by atoms with Crippen LogP contribution in [0.15, 0.2) is 12.2 Å². The van der Waals surface area contributed by atoms with Gasteiger partial charge in [0, 0.05) is 6.54 Å². The lowest BCUT2D eigenvalue weighted by atomic mass is 10.5. The summed E-state index contributed by atoms with van der Waals surface area (Å²) >= 11 is 0. The molecule has 8 heteroatoms. The van der Waals surface area contributed by atoms with Crippen LogP contribution in [0.5, 0.6) is 0 Å². The standard InChI is InChI=1S/C5H10N2O2.C4H9NO.C4H8.C2H5NO/c1-6-4-5(9)7-2-3-8;1-4(6)3-5-2;1-3-4-2;3-1-2-4/h3,6H,2,4H2,1H3,(H,7,9);5H,3H2,1-2H3;3-4H,1-2H3;2H,1,3H2/b;;4-3+;. The summed E-state index contributed by atoms with van der Waals surface area (Å²) in [5.41, 5.74) is 4.66. The zero-order valence-electron chi connectivity index (χ0n) is 14.8. The Hall–Kier alpha value is -1.90. The fourth-order valence-corrected chi connectivity index (χ4v) is 0.628. The van der Waals surface area contributed by atoms with Gasteiger partial charge >= 0.3 is 0 Å². The van der Waals surface area contributed by atoms with Crippen LogP contribution < -0.4 is 21.7 Å². The quantitative estimate of drug-likeness (QED) is 0.349. The molecule has 0 radical (unpaired) electrons. The van der Waals surface area contributed by atoms with Gasteiger partial charge in [-0.1, -0.05) is 12.2 Å². The Labute approximate surface area is 139 Å². The number of carbonyl (C=O) groups excluding carboxylic acids is 4. The van der Waals surface area contributed by atoms with Gasteiger partial charge in [0.15, 0.2) is 0 Å². The lowest BCUT2D eigenvalue weighted by molar-refractivity contribution is -0.121. The van der Waals surface area contributed by atoms with Crippen LogP contribution in [0.2, 0.25) is 0 Å². The molecule has 0 aromatic rings. The van der Waals surface area contributed by atoms with Crippen molar-refractivity contribution in [3.8, 4) is 0 Å². The molecule has 0 aromatic heterocycles. The van der Waals surface area contributed by atoms with Gasteiger partial charge in [-0.05, 0) is 34.9 Å². The van der Waals surface area contributed by atoms with Crippen LogP contribution in [-0.4, -0.2) is 64.5 Å². The second-order valence-electron chi connectivity index (χ2n) is 3.80. The zero-order chi connectivity index (χ0) is 18.9. The Bertz CT molecular complexity index is 304. The van der Waals surface area contributed by atoms with Crippen molar-refractivity contribution >= 4 is 24.3 Å². The van der Waals surface area contributed by atoms with E-state index in [-0.39, 0.29) is 31.3 Å². The smallest absolute Gasteiger partial charge is 0.234 e. The lowest BCUT2D eigenvalue weighted by Crippen LogP contribution is -2.33. The van der Waals surface area contributed by atoms with Crippen LogP contribution in [0.25, 0.3) is 0 Å². The second-order valence-corrected chi connectivity index (χ2v) is 3.80. The Morgan fingerprint density at radius 2 is 1.39 bits per heavy atom. The molecule has 0 aliphatic heterocycles.